The van der Waals surface area contributed by atoms with E-state index >= 15 is 0 Å². The Bertz CT molecular complexity index is 219. The van der Waals surface area contributed by atoms with Crippen molar-refractivity contribution < 1.29 is 0 Å². The highest BCUT2D eigenvalue weighted by Gasteiger charge is 1.99. The summed E-state index contributed by atoms with van der Waals surface area (Å²) in [5, 5.41) is 0. The normalized spacial score (nSPS) is 18.9. The van der Waals surface area contributed by atoms with E-state index in [1.807, 2.05) is 6.21 Å². The van der Waals surface area contributed by atoms with Gasteiger partial charge in [-0.05, 0) is 26.3 Å². The number of rotatable bonds is 0. The quantitative estimate of drug-likeness (QED) is 0.484. The minimum absolute atomic E-state index is 0.973. The summed E-state index contributed by atoms with van der Waals surface area (Å²) in [7, 11) is 0. The Balaban J connectivity index is 3.02. The Morgan fingerprint density at radius 1 is 1.30 bits per heavy atom. The molecule has 0 saturated carbocycles. The molecule has 0 radical (unpaired) electrons. The Kier molecular flexibility index (Phi) is 2.05. The first-order valence-corrected chi connectivity index (χ1v) is 3.59. The third-order valence-electron chi connectivity index (χ3n) is 1.95. The van der Waals surface area contributed by atoms with Crippen LogP contribution in [0.5, 0.6) is 0 Å². The van der Waals surface area contributed by atoms with Gasteiger partial charge in [0.2, 0.25) is 0 Å². The highest BCUT2D eigenvalue weighted by atomic mass is 14.7. The molecule has 10 heavy (non-hydrogen) atoms. The van der Waals surface area contributed by atoms with E-state index < -0.39 is 0 Å². The van der Waals surface area contributed by atoms with Crippen molar-refractivity contribution in [2.24, 2.45) is 4.99 Å². The van der Waals surface area contributed by atoms with Gasteiger partial charge in [-0.2, -0.15) is 0 Å². The van der Waals surface area contributed by atoms with Gasteiger partial charge >= 0.3 is 0 Å². The van der Waals surface area contributed by atoms with E-state index in [-0.39, 0.29) is 0 Å². The fraction of sp³-hybridized carbons (Fsp3) is 0.444. The first-order valence-electron chi connectivity index (χ1n) is 3.59. The predicted octanol–water partition coefficient (Wildman–Crippen LogP) is 2.70. The predicted molar refractivity (Wildman–Crippen MR) is 45.2 cm³/mol. The van der Waals surface area contributed by atoms with Gasteiger partial charge < -0.3 is 0 Å². The molecule has 0 aliphatic carbocycles. The van der Waals surface area contributed by atoms with Gasteiger partial charge in [-0.15, -0.1) is 0 Å². The zero-order valence-corrected chi connectivity index (χ0v) is 6.81. The molecule has 0 spiro atoms. The van der Waals surface area contributed by atoms with Crippen molar-refractivity contribution in [1.82, 2.24) is 0 Å². The number of hydrogen-bond donors (Lipinski definition) is 0. The second kappa shape index (κ2) is 2.82. The molecule has 0 amide bonds. The summed E-state index contributed by atoms with van der Waals surface area (Å²) in [4.78, 5) is 4.26. The summed E-state index contributed by atoms with van der Waals surface area (Å²) in [6, 6.07) is 0. The lowest BCUT2D eigenvalue weighted by Crippen LogP contribution is -1.80. The highest BCUT2D eigenvalue weighted by molar-refractivity contribution is 5.63. The molecule has 1 heterocycles. The Labute approximate surface area is 62.2 Å². The maximum atomic E-state index is 4.26. The molecule has 0 N–H and O–H groups in total. The number of aliphatic imine (C=N–C) groups is 1. The minimum Gasteiger partial charge on any atom is -0.265 e. The van der Waals surface area contributed by atoms with Crippen LogP contribution in [0.15, 0.2) is 27.9 Å². The molecule has 1 nitrogen and oxygen atoms in total. The maximum absolute atomic E-state index is 4.26. The van der Waals surface area contributed by atoms with Gasteiger partial charge in [-0.3, -0.25) is 4.99 Å². The topological polar surface area (TPSA) is 12.4 Å². The molecule has 54 valence electrons. The molecule has 0 aromatic carbocycles. The molecule has 0 saturated heterocycles. The summed E-state index contributed by atoms with van der Waals surface area (Å²) >= 11 is 0. The fourth-order valence-electron chi connectivity index (χ4n) is 0.954. The van der Waals surface area contributed by atoms with Crippen LogP contribution in [0.1, 0.15) is 27.2 Å². The standard InChI is InChI=1S/C9H13N/c1-7-5-4-6-10-9(3)8(7)2/h5-6H,4H2,1-3H3. The van der Waals surface area contributed by atoms with Crippen LogP contribution >= 0.6 is 0 Å². The summed E-state index contributed by atoms with van der Waals surface area (Å²) < 4.78 is 0. The molecule has 0 aromatic heterocycles. The molecule has 1 aliphatic heterocycles. The van der Waals surface area contributed by atoms with E-state index in [0.717, 1.165) is 12.1 Å². The van der Waals surface area contributed by atoms with E-state index in [2.05, 4.69) is 31.8 Å². The van der Waals surface area contributed by atoms with Crippen molar-refractivity contribution in [1.29, 1.82) is 0 Å². The lowest BCUT2D eigenvalue weighted by Gasteiger charge is -1.99. The van der Waals surface area contributed by atoms with Gasteiger partial charge in [0.1, 0.15) is 0 Å². The smallest absolute Gasteiger partial charge is 0.0400 e. The SMILES string of the molecule is CC1=CCC=NC(C)=C1C. The molecular weight excluding hydrogens is 122 g/mol. The Hall–Kier alpha value is -0.850. The molecule has 1 aliphatic rings. The van der Waals surface area contributed by atoms with Gasteiger partial charge in [0, 0.05) is 18.3 Å². The summed E-state index contributed by atoms with van der Waals surface area (Å²) in [6.45, 7) is 6.30. The van der Waals surface area contributed by atoms with Crippen LogP contribution in [0.25, 0.3) is 0 Å². The van der Waals surface area contributed by atoms with Crippen LogP contribution in [-0.4, -0.2) is 6.21 Å². The lowest BCUT2D eigenvalue weighted by atomic mass is 10.1. The van der Waals surface area contributed by atoms with E-state index in [0.29, 0.717) is 0 Å². The first-order chi connectivity index (χ1) is 4.72. The number of allylic oxidation sites excluding steroid dienone is 4. The third-order valence-corrected chi connectivity index (χ3v) is 1.95. The zero-order valence-electron chi connectivity index (χ0n) is 6.81. The Morgan fingerprint density at radius 2 is 2.00 bits per heavy atom. The highest BCUT2D eigenvalue weighted by Crippen LogP contribution is 2.16. The monoisotopic (exact) mass is 135 g/mol. The zero-order chi connectivity index (χ0) is 7.56. The van der Waals surface area contributed by atoms with Crippen molar-refractivity contribution in [2.45, 2.75) is 27.2 Å². The van der Waals surface area contributed by atoms with Crippen LogP contribution in [-0.2, 0) is 0 Å². The van der Waals surface area contributed by atoms with Gasteiger partial charge in [-0.25, -0.2) is 0 Å². The number of nitrogens with zero attached hydrogens (tertiary/aromatic N) is 1. The minimum atomic E-state index is 0.973. The van der Waals surface area contributed by atoms with E-state index in [4.69, 9.17) is 0 Å². The van der Waals surface area contributed by atoms with Crippen molar-refractivity contribution in [3.63, 3.8) is 0 Å². The summed E-state index contributed by atoms with van der Waals surface area (Å²) in [5.41, 5.74) is 3.81. The molecular formula is C9H13N. The third kappa shape index (κ3) is 1.35. The maximum Gasteiger partial charge on any atom is 0.0400 e. The van der Waals surface area contributed by atoms with Crippen molar-refractivity contribution in [2.75, 3.05) is 0 Å². The summed E-state index contributed by atoms with van der Waals surface area (Å²) in [5.74, 6) is 0. The van der Waals surface area contributed by atoms with Gasteiger partial charge in [0.15, 0.2) is 0 Å². The van der Waals surface area contributed by atoms with Crippen LogP contribution in [0.4, 0.5) is 0 Å². The average molecular weight is 135 g/mol. The lowest BCUT2D eigenvalue weighted by molar-refractivity contribution is 1.20. The second-order valence-corrected chi connectivity index (χ2v) is 2.64. The van der Waals surface area contributed by atoms with Crippen molar-refractivity contribution in [3.8, 4) is 0 Å². The van der Waals surface area contributed by atoms with Gasteiger partial charge in [-0.1, -0.05) is 11.6 Å². The fourth-order valence-corrected chi connectivity index (χ4v) is 0.954. The van der Waals surface area contributed by atoms with Gasteiger partial charge in [0.25, 0.3) is 0 Å². The van der Waals surface area contributed by atoms with Crippen molar-refractivity contribution in [3.05, 3.63) is 22.9 Å². The van der Waals surface area contributed by atoms with E-state index in [1.54, 1.807) is 0 Å². The van der Waals surface area contributed by atoms with Crippen molar-refractivity contribution >= 4 is 6.21 Å². The van der Waals surface area contributed by atoms with E-state index in [9.17, 15) is 0 Å². The molecule has 0 bridgehead atoms. The molecule has 0 unspecified atom stereocenters. The molecule has 0 aromatic rings. The van der Waals surface area contributed by atoms with Gasteiger partial charge in [0.05, 0.1) is 0 Å². The van der Waals surface area contributed by atoms with E-state index in [1.165, 1.54) is 11.1 Å². The average Bonchev–Trinajstić information content (AvgIpc) is 2.04. The number of hydrogen-bond acceptors (Lipinski definition) is 1. The van der Waals surface area contributed by atoms with Crippen LogP contribution < -0.4 is 0 Å². The molecule has 0 fully saturated rings. The largest absolute Gasteiger partial charge is 0.265 e. The second-order valence-electron chi connectivity index (χ2n) is 2.64. The molecule has 1 heteroatoms. The Morgan fingerprint density at radius 3 is 2.70 bits per heavy atom. The molecule has 0 atom stereocenters. The van der Waals surface area contributed by atoms with Crippen LogP contribution in [0.2, 0.25) is 0 Å². The van der Waals surface area contributed by atoms with Crippen LogP contribution in [0.3, 0.4) is 0 Å². The van der Waals surface area contributed by atoms with Crippen LogP contribution in [0, 0.1) is 0 Å². The summed E-state index contributed by atoms with van der Waals surface area (Å²) in [6.07, 6.45) is 5.13. The first kappa shape index (κ1) is 7.26. The molecule has 1 rings (SSSR count).